The van der Waals surface area contributed by atoms with Gasteiger partial charge >= 0.3 is 0 Å². The number of H-pyrrole nitrogens is 1. The van der Waals surface area contributed by atoms with Crippen LogP contribution in [0.2, 0.25) is 0 Å². The second kappa shape index (κ2) is 6.36. The minimum absolute atomic E-state index is 0.240. The highest BCUT2D eigenvalue weighted by molar-refractivity contribution is 5.84. The summed E-state index contributed by atoms with van der Waals surface area (Å²) in [7, 11) is 0. The fraction of sp³-hybridized carbons (Fsp3) is 0.100. The third-order valence-corrected chi connectivity index (χ3v) is 4.01. The van der Waals surface area contributed by atoms with Crippen LogP contribution in [0.15, 0.2) is 60.8 Å². The van der Waals surface area contributed by atoms with E-state index in [4.69, 9.17) is 0 Å². The molecule has 0 radical (unpaired) electrons. The number of rotatable bonds is 4. The number of fused-ring (bicyclic) bond motifs is 1. The van der Waals surface area contributed by atoms with Crippen molar-refractivity contribution in [3.05, 3.63) is 83.7 Å². The monoisotopic (exact) mass is 332 g/mol. The molecule has 0 saturated carbocycles. The molecule has 4 nitrogen and oxygen atoms in total. The van der Waals surface area contributed by atoms with Crippen LogP contribution in [0.25, 0.3) is 10.9 Å². The van der Waals surface area contributed by atoms with Crippen molar-refractivity contribution in [1.29, 1.82) is 0 Å². The first-order valence-electron chi connectivity index (χ1n) is 8.08. The van der Waals surface area contributed by atoms with Crippen LogP contribution in [-0.4, -0.2) is 15.0 Å². The quantitative estimate of drug-likeness (QED) is 0.567. The number of nitrogens with zero attached hydrogens (tertiary/aromatic N) is 2. The molecule has 0 aliphatic rings. The Bertz CT molecular complexity index is 1020. The van der Waals surface area contributed by atoms with Gasteiger partial charge in [-0.1, -0.05) is 12.1 Å². The van der Waals surface area contributed by atoms with Gasteiger partial charge in [-0.05, 0) is 55.0 Å². The van der Waals surface area contributed by atoms with Gasteiger partial charge < -0.3 is 10.3 Å². The zero-order valence-electron chi connectivity index (χ0n) is 13.8. The second-order valence-corrected chi connectivity index (χ2v) is 6.04. The maximum absolute atomic E-state index is 13.0. The lowest BCUT2D eigenvalue weighted by Crippen LogP contribution is -2.00. The Morgan fingerprint density at radius 3 is 2.72 bits per heavy atom. The Kier molecular flexibility index (Phi) is 3.90. The lowest BCUT2D eigenvalue weighted by molar-refractivity contribution is 0.627. The van der Waals surface area contributed by atoms with Gasteiger partial charge in [0.05, 0.1) is 0 Å². The summed E-state index contributed by atoms with van der Waals surface area (Å²) in [5.74, 6) is 1.18. The highest BCUT2D eigenvalue weighted by atomic mass is 19.1. The number of halogens is 1. The van der Waals surface area contributed by atoms with Gasteiger partial charge in [-0.2, -0.15) is 0 Å². The van der Waals surface area contributed by atoms with Gasteiger partial charge in [0.25, 0.3) is 0 Å². The molecule has 0 aliphatic heterocycles. The molecule has 124 valence electrons. The van der Waals surface area contributed by atoms with Crippen molar-refractivity contribution in [2.24, 2.45) is 0 Å². The maximum Gasteiger partial charge on any atom is 0.135 e. The van der Waals surface area contributed by atoms with E-state index < -0.39 is 0 Å². The van der Waals surface area contributed by atoms with Crippen LogP contribution in [0.5, 0.6) is 0 Å². The molecule has 2 aromatic carbocycles. The Labute approximate surface area is 144 Å². The van der Waals surface area contributed by atoms with Crippen molar-refractivity contribution in [1.82, 2.24) is 15.0 Å². The average Bonchev–Trinajstić information content (AvgIpc) is 2.97. The summed E-state index contributed by atoms with van der Waals surface area (Å²) in [6.07, 6.45) is 2.29. The van der Waals surface area contributed by atoms with Crippen LogP contribution in [0.1, 0.15) is 17.1 Å². The topological polar surface area (TPSA) is 53.6 Å². The van der Waals surface area contributed by atoms with Crippen LogP contribution in [0, 0.1) is 12.7 Å². The number of aromatic amines is 1. The van der Waals surface area contributed by atoms with Gasteiger partial charge in [0.1, 0.15) is 17.5 Å². The Morgan fingerprint density at radius 1 is 1.04 bits per heavy atom. The first-order valence-corrected chi connectivity index (χ1v) is 8.08. The molecule has 4 aromatic rings. The lowest BCUT2D eigenvalue weighted by atomic mass is 10.1. The van der Waals surface area contributed by atoms with E-state index in [0.717, 1.165) is 33.7 Å². The molecule has 0 unspecified atom stereocenters. The third-order valence-electron chi connectivity index (χ3n) is 4.01. The zero-order valence-corrected chi connectivity index (χ0v) is 13.8. The Morgan fingerprint density at radius 2 is 1.88 bits per heavy atom. The number of hydrogen-bond donors (Lipinski definition) is 2. The fourth-order valence-electron chi connectivity index (χ4n) is 2.84. The second-order valence-electron chi connectivity index (χ2n) is 6.04. The zero-order chi connectivity index (χ0) is 17.2. The number of nitrogens with one attached hydrogen (secondary N) is 2. The molecular weight excluding hydrogens is 315 g/mol. The van der Waals surface area contributed by atoms with E-state index in [1.807, 2.05) is 25.1 Å². The van der Waals surface area contributed by atoms with E-state index in [-0.39, 0.29) is 5.82 Å². The fourth-order valence-corrected chi connectivity index (χ4v) is 2.84. The normalized spacial score (nSPS) is 11.0. The molecule has 5 heteroatoms. The van der Waals surface area contributed by atoms with Gasteiger partial charge in [-0.15, -0.1) is 0 Å². The third kappa shape index (κ3) is 3.50. The summed E-state index contributed by atoms with van der Waals surface area (Å²) in [5, 5.41) is 4.47. The number of anilines is 2. The minimum Gasteiger partial charge on any atom is -0.359 e. The summed E-state index contributed by atoms with van der Waals surface area (Å²) in [5.41, 5.74) is 4.19. The van der Waals surface area contributed by atoms with Gasteiger partial charge in [-0.3, -0.25) is 0 Å². The summed E-state index contributed by atoms with van der Waals surface area (Å²) in [4.78, 5) is 12.2. The van der Waals surface area contributed by atoms with Gasteiger partial charge in [0.2, 0.25) is 0 Å². The predicted molar refractivity (Wildman–Crippen MR) is 97.6 cm³/mol. The molecular formula is C20H17FN4. The van der Waals surface area contributed by atoms with Crippen molar-refractivity contribution >= 4 is 22.4 Å². The lowest BCUT2D eigenvalue weighted by Gasteiger charge is -2.07. The molecule has 0 saturated heterocycles. The summed E-state index contributed by atoms with van der Waals surface area (Å²) in [6, 6.07) is 16.5. The van der Waals surface area contributed by atoms with Crippen LogP contribution in [-0.2, 0) is 6.42 Å². The van der Waals surface area contributed by atoms with Crippen LogP contribution >= 0.6 is 0 Å². The van der Waals surface area contributed by atoms with E-state index >= 15 is 0 Å². The van der Waals surface area contributed by atoms with Crippen molar-refractivity contribution in [3.63, 3.8) is 0 Å². The van der Waals surface area contributed by atoms with Crippen LogP contribution in [0.4, 0.5) is 15.9 Å². The Hall–Kier alpha value is -3.21. The molecule has 0 atom stereocenters. The average molecular weight is 332 g/mol. The summed E-state index contributed by atoms with van der Waals surface area (Å²) >= 11 is 0. The van der Waals surface area contributed by atoms with E-state index in [1.165, 1.54) is 12.1 Å². The largest absolute Gasteiger partial charge is 0.359 e. The van der Waals surface area contributed by atoms with E-state index in [2.05, 4.69) is 32.4 Å². The molecule has 25 heavy (non-hydrogen) atoms. The van der Waals surface area contributed by atoms with Crippen molar-refractivity contribution in [2.45, 2.75) is 13.3 Å². The molecule has 0 aliphatic carbocycles. The number of aryl methyl sites for hydroxylation is 1. The van der Waals surface area contributed by atoms with Crippen molar-refractivity contribution < 1.29 is 4.39 Å². The number of hydrogen-bond acceptors (Lipinski definition) is 3. The predicted octanol–water partition coefficient (Wildman–Crippen LogP) is 4.74. The number of aromatic nitrogens is 3. The van der Waals surface area contributed by atoms with Crippen LogP contribution in [0.3, 0.4) is 0 Å². The van der Waals surface area contributed by atoms with Crippen molar-refractivity contribution in [2.75, 3.05) is 5.32 Å². The highest BCUT2D eigenvalue weighted by Crippen LogP contribution is 2.22. The molecule has 0 amide bonds. The summed E-state index contributed by atoms with van der Waals surface area (Å²) in [6.45, 7) is 2.04. The smallest absolute Gasteiger partial charge is 0.135 e. The first-order chi connectivity index (χ1) is 12.2. The van der Waals surface area contributed by atoms with E-state index in [1.54, 1.807) is 18.3 Å². The highest BCUT2D eigenvalue weighted by Gasteiger charge is 2.04. The van der Waals surface area contributed by atoms with Gasteiger partial charge in [-0.25, -0.2) is 14.4 Å². The summed E-state index contributed by atoms with van der Waals surface area (Å²) < 4.78 is 13.0. The van der Waals surface area contributed by atoms with Gasteiger partial charge in [0.15, 0.2) is 0 Å². The standard InChI is InChI=1S/C20H17FN4/c1-13-10-15-12-17(6-7-18(15)23-13)24-19-8-9-22-20(25-19)11-14-2-4-16(21)5-3-14/h2-10,12,23H,11H2,1H3,(H,22,24,25). The van der Waals surface area contributed by atoms with E-state index in [9.17, 15) is 4.39 Å². The number of benzene rings is 2. The minimum atomic E-state index is -0.240. The molecule has 0 fully saturated rings. The first kappa shape index (κ1) is 15.3. The molecule has 2 heterocycles. The van der Waals surface area contributed by atoms with Crippen LogP contribution < -0.4 is 5.32 Å². The van der Waals surface area contributed by atoms with Crippen molar-refractivity contribution in [3.8, 4) is 0 Å². The molecule has 2 aromatic heterocycles. The molecule has 0 spiro atoms. The SMILES string of the molecule is Cc1cc2cc(Nc3ccnc(Cc4ccc(F)cc4)n3)ccc2[nH]1. The Balaban J connectivity index is 1.54. The molecule has 2 N–H and O–H groups in total. The molecule has 0 bridgehead atoms. The molecule has 4 rings (SSSR count). The van der Waals surface area contributed by atoms with E-state index in [0.29, 0.717) is 12.2 Å². The van der Waals surface area contributed by atoms with Gasteiger partial charge in [0, 0.05) is 34.9 Å². The maximum atomic E-state index is 13.0.